The predicted molar refractivity (Wildman–Crippen MR) is 119 cm³/mol. The zero-order valence-electron chi connectivity index (χ0n) is 18.6. The molecule has 0 radical (unpaired) electrons. The fourth-order valence-electron chi connectivity index (χ4n) is 3.31. The molecule has 0 saturated carbocycles. The van der Waals surface area contributed by atoms with Crippen molar-refractivity contribution in [3.63, 3.8) is 0 Å². The smallest absolute Gasteiger partial charge is 0.341 e. The van der Waals surface area contributed by atoms with Crippen LogP contribution in [-0.2, 0) is 17.5 Å². The highest BCUT2D eigenvalue weighted by Crippen LogP contribution is 2.30. The normalized spacial score (nSPS) is 11.2. The summed E-state index contributed by atoms with van der Waals surface area (Å²) in [7, 11) is 0. The highest BCUT2D eigenvalue weighted by molar-refractivity contribution is 5.94. The van der Waals surface area contributed by atoms with Gasteiger partial charge in [-0.15, -0.1) is 0 Å². The molecule has 0 aliphatic heterocycles. The van der Waals surface area contributed by atoms with E-state index in [1.54, 1.807) is 11.8 Å². The van der Waals surface area contributed by atoms with E-state index in [1.807, 2.05) is 30.3 Å². The Bertz CT molecular complexity index is 1240. The molecule has 34 heavy (non-hydrogen) atoms. The molecule has 0 saturated heterocycles. The molecule has 0 bridgehead atoms. The first-order valence-electron chi connectivity index (χ1n) is 10.5. The second-order valence-corrected chi connectivity index (χ2v) is 7.53. The van der Waals surface area contributed by atoms with Crippen LogP contribution in [0, 0.1) is 6.92 Å². The molecule has 1 N–H and O–H groups in total. The first kappa shape index (κ1) is 24.7. The molecule has 0 atom stereocenters. The average Bonchev–Trinajstić information content (AvgIpc) is 2.81. The monoisotopic (exact) mass is 472 g/mol. The van der Waals surface area contributed by atoms with E-state index >= 15 is 0 Å². The number of alkyl halides is 3. The molecule has 0 spiro atoms. The number of likely N-dealkylation sites (N-methyl/N-ethyl adjacent to an activating group) is 1. The topological polar surface area (TPSA) is 84.3 Å². The lowest BCUT2D eigenvalue weighted by molar-refractivity contribution is -0.137. The Labute approximate surface area is 193 Å². The van der Waals surface area contributed by atoms with Crippen molar-refractivity contribution < 1.29 is 22.8 Å². The summed E-state index contributed by atoms with van der Waals surface area (Å²) in [6.45, 7) is 3.70. The second-order valence-electron chi connectivity index (χ2n) is 7.53. The molecular weight excluding hydrogens is 449 g/mol. The number of amides is 2. The van der Waals surface area contributed by atoms with Gasteiger partial charge >= 0.3 is 6.18 Å². The van der Waals surface area contributed by atoms with Crippen LogP contribution in [0.4, 0.5) is 13.2 Å². The summed E-state index contributed by atoms with van der Waals surface area (Å²) in [5.41, 5.74) is -0.911. The minimum Gasteiger partial charge on any atom is -0.341 e. The molecule has 3 aromatic rings. The van der Waals surface area contributed by atoms with Gasteiger partial charge in [-0.3, -0.25) is 14.4 Å². The number of hydrogen-bond acceptors (Lipinski definition) is 4. The summed E-state index contributed by atoms with van der Waals surface area (Å²) in [6.07, 6.45) is -4.56. The van der Waals surface area contributed by atoms with Gasteiger partial charge in [0.25, 0.3) is 5.91 Å². The largest absolute Gasteiger partial charge is 0.416 e. The van der Waals surface area contributed by atoms with Gasteiger partial charge in [0.2, 0.25) is 11.3 Å². The van der Waals surface area contributed by atoms with E-state index in [2.05, 4.69) is 10.4 Å². The molecule has 1 aromatic heterocycles. The van der Waals surface area contributed by atoms with E-state index in [4.69, 9.17) is 0 Å². The summed E-state index contributed by atoms with van der Waals surface area (Å²) in [4.78, 5) is 39.1. The van der Waals surface area contributed by atoms with Crippen molar-refractivity contribution >= 4 is 11.8 Å². The third kappa shape index (κ3) is 5.89. The maximum atomic E-state index is 13.1. The van der Waals surface area contributed by atoms with Crippen LogP contribution in [0.3, 0.4) is 0 Å². The van der Waals surface area contributed by atoms with Crippen LogP contribution in [0.25, 0.3) is 5.69 Å². The summed E-state index contributed by atoms with van der Waals surface area (Å²) in [5, 5.41) is 6.36. The van der Waals surface area contributed by atoms with Gasteiger partial charge in [-0.25, -0.2) is 4.68 Å². The molecule has 0 fully saturated rings. The quantitative estimate of drug-likeness (QED) is 0.572. The lowest BCUT2D eigenvalue weighted by Crippen LogP contribution is -2.41. The second kappa shape index (κ2) is 10.3. The number of nitrogens with one attached hydrogen (secondary N) is 1. The third-order valence-electron chi connectivity index (χ3n) is 5.09. The van der Waals surface area contributed by atoms with Crippen LogP contribution in [0.5, 0.6) is 0 Å². The van der Waals surface area contributed by atoms with Crippen LogP contribution in [-0.4, -0.2) is 39.6 Å². The Balaban J connectivity index is 1.78. The summed E-state index contributed by atoms with van der Waals surface area (Å²) >= 11 is 0. The van der Waals surface area contributed by atoms with Crippen LogP contribution < -0.4 is 10.7 Å². The van der Waals surface area contributed by atoms with Crippen molar-refractivity contribution in [3.05, 3.63) is 93.4 Å². The van der Waals surface area contributed by atoms with Gasteiger partial charge in [0.1, 0.15) is 0 Å². The van der Waals surface area contributed by atoms with Crippen molar-refractivity contribution in [1.29, 1.82) is 0 Å². The molecule has 10 heteroatoms. The van der Waals surface area contributed by atoms with Crippen LogP contribution >= 0.6 is 0 Å². The first-order chi connectivity index (χ1) is 16.1. The van der Waals surface area contributed by atoms with E-state index in [1.165, 1.54) is 19.1 Å². The minimum atomic E-state index is -4.56. The van der Waals surface area contributed by atoms with Gasteiger partial charge in [0.15, 0.2) is 5.69 Å². The van der Waals surface area contributed by atoms with E-state index in [0.717, 1.165) is 28.4 Å². The molecular formula is C24H23F3N4O3. The highest BCUT2D eigenvalue weighted by atomic mass is 19.4. The fourth-order valence-corrected chi connectivity index (χ4v) is 3.31. The van der Waals surface area contributed by atoms with E-state index in [-0.39, 0.29) is 23.8 Å². The molecule has 0 unspecified atom stereocenters. The Morgan fingerprint density at radius 1 is 1.06 bits per heavy atom. The van der Waals surface area contributed by atoms with Gasteiger partial charge in [0.05, 0.1) is 17.8 Å². The number of nitrogens with zero attached hydrogens (tertiary/aromatic N) is 3. The molecule has 2 aromatic carbocycles. The van der Waals surface area contributed by atoms with Crippen molar-refractivity contribution in [2.75, 3.05) is 13.1 Å². The molecule has 0 aliphatic rings. The third-order valence-corrected chi connectivity index (χ3v) is 5.09. The van der Waals surface area contributed by atoms with Crippen LogP contribution in [0.2, 0.25) is 0 Å². The number of hydrogen-bond donors (Lipinski definition) is 1. The Morgan fingerprint density at radius 2 is 1.76 bits per heavy atom. The first-order valence-corrected chi connectivity index (χ1v) is 10.5. The molecule has 3 rings (SSSR count). The lowest BCUT2D eigenvalue weighted by atomic mass is 10.2. The van der Waals surface area contributed by atoms with Gasteiger partial charge < -0.3 is 10.2 Å². The zero-order chi connectivity index (χ0) is 24.9. The lowest BCUT2D eigenvalue weighted by Gasteiger charge is -2.21. The minimum absolute atomic E-state index is 0.0393. The fraction of sp³-hybridized carbons (Fsp3) is 0.250. The van der Waals surface area contributed by atoms with Crippen molar-refractivity contribution in [3.8, 4) is 5.69 Å². The maximum Gasteiger partial charge on any atom is 0.416 e. The number of aryl methyl sites for hydroxylation is 1. The maximum absolute atomic E-state index is 13.1. The molecule has 1 heterocycles. The van der Waals surface area contributed by atoms with E-state index in [0.29, 0.717) is 13.1 Å². The average molecular weight is 472 g/mol. The van der Waals surface area contributed by atoms with Crippen LogP contribution in [0.1, 0.15) is 34.2 Å². The molecule has 0 aliphatic carbocycles. The molecule has 2 amide bonds. The van der Waals surface area contributed by atoms with Crippen molar-refractivity contribution in [2.45, 2.75) is 26.6 Å². The summed E-state index contributed by atoms with van der Waals surface area (Å²) in [5.74, 6) is -1.25. The Kier molecular flexibility index (Phi) is 7.50. The number of carbonyl (C=O) groups excluding carboxylic acids is 2. The van der Waals surface area contributed by atoms with Gasteiger partial charge in [-0.05, 0) is 37.6 Å². The standard InChI is InChI=1S/C24H23F3N4O3/c1-3-30(15-17-8-5-4-6-9-17)21(33)14-28-23(34)22-20(32)12-16(2)31(29-22)19-11-7-10-18(13-19)24(25,26)27/h4-13H,3,14-15H2,1-2H3,(H,28,34). The zero-order valence-corrected chi connectivity index (χ0v) is 18.6. The van der Waals surface area contributed by atoms with Crippen molar-refractivity contribution in [1.82, 2.24) is 20.0 Å². The Hall–Kier alpha value is -3.95. The number of carbonyl (C=O) groups is 2. The van der Waals surface area contributed by atoms with E-state index in [9.17, 15) is 27.6 Å². The molecule has 178 valence electrons. The highest BCUT2D eigenvalue weighted by Gasteiger charge is 2.30. The number of halogens is 3. The van der Waals surface area contributed by atoms with E-state index < -0.39 is 28.8 Å². The summed E-state index contributed by atoms with van der Waals surface area (Å²) in [6, 6.07) is 14.8. The number of aromatic nitrogens is 2. The predicted octanol–water partition coefficient (Wildman–Crippen LogP) is 3.34. The summed E-state index contributed by atoms with van der Waals surface area (Å²) < 4.78 is 40.3. The van der Waals surface area contributed by atoms with Gasteiger partial charge in [0, 0.05) is 24.8 Å². The van der Waals surface area contributed by atoms with Crippen LogP contribution in [0.15, 0.2) is 65.5 Å². The van der Waals surface area contributed by atoms with Crippen molar-refractivity contribution in [2.24, 2.45) is 0 Å². The molecule has 7 nitrogen and oxygen atoms in total. The Morgan fingerprint density at radius 3 is 2.41 bits per heavy atom. The SMILES string of the molecule is CCN(Cc1ccccc1)C(=O)CNC(=O)c1nn(-c2cccc(C(F)(F)F)c2)c(C)cc1=O. The number of rotatable bonds is 7. The van der Waals surface area contributed by atoms with Gasteiger partial charge in [-0.2, -0.15) is 18.3 Å². The van der Waals surface area contributed by atoms with Gasteiger partial charge in [-0.1, -0.05) is 36.4 Å². The number of benzene rings is 2.